The van der Waals surface area contributed by atoms with E-state index in [1.165, 1.54) is 0 Å². The van der Waals surface area contributed by atoms with E-state index in [9.17, 15) is 4.79 Å². The molecule has 0 aromatic carbocycles. The lowest BCUT2D eigenvalue weighted by Gasteiger charge is -2.46. The number of urea groups is 1. The minimum absolute atomic E-state index is 0.0817. The number of likely N-dealkylation sites (N-methyl/N-ethyl adjacent to an activating group) is 1. The average molecular weight is 241 g/mol. The zero-order valence-corrected chi connectivity index (χ0v) is 11.8. The Morgan fingerprint density at radius 2 is 2.12 bits per heavy atom. The third-order valence-corrected chi connectivity index (χ3v) is 3.53. The molecule has 1 heterocycles. The molecule has 17 heavy (non-hydrogen) atoms. The first-order valence-electron chi connectivity index (χ1n) is 6.63. The number of hydrogen-bond donors (Lipinski definition) is 2. The van der Waals surface area contributed by atoms with Gasteiger partial charge in [0.25, 0.3) is 0 Å². The maximum atomic E-state index is 12.0. The minimum atomic E-state index is 0.0817. The van der Waals surface area contributed by atoms with Crippen LogP contribution in [-0.4, -0.2) is 43.2 Å². The van der Waals surface area contributed by atoms with E-state index in [4.69, 9.17) is 0 Å². The largest absolute Gasteiger partial charge is 0.338 e. The zero-order chi connectivity index (χ0) is 13.1. The summed E-state index contributed by atoms with van der Waals surface area (Å²) < 4.78 is 0. The number of hydrogen-bond acceptors (Lipinski definition) is 2. The topological polar surface area (TPSA) is 44.4 Å². The highest BCUT2D eigenvalue weighted by atomic mass is 16.2. The Morgan fingerprint density at radius 1 is 1.47 bits per heavy atom. The second kappa shape index (κ2) is 5.71. The number of nitrogens with one attached hydrogen (secondary N) is 2. The molecule has 2 amide bonds. The van der Waals surface area contributed by atoms with Gasteiger partial charge in [0.2, 0.25) is 0 Å². The molecule has 0 aromatic heterocycles. The van der Waals surface area contributed by atoms with Gasteiger partial charge in [-0.25, -0.2) is 4.79 Å². The molecular formula is C13H27N3O. The Bertz CT molecular complexity index is 256. The summed E-state index contributed by atoms with van der Waals surface area (Å²) in [6.45, 7) is 10.5. The molecule has 4 nitrogen and oxygen atoms in total. The molecule has 1 aliphatic heterocycles. The molecule has 0 radical (unpaired) electrons. The molecule has 1 rings (SSSR count). The van der Waals surface area contributed by atoms with Crippen LogP contribution in [0.2, 0.25) is 0 Å². The lowest BCUT2D eigenvalue weighted by Crippen LogP contribution is -2.61. The molecule has 0 bridgehead atoms. The van der Waals surface area contributed by atoms with Gasteiger partial charge in [0, 0.05) is 19.1 Å². The van der Waals surface area contributed by atoms with Gasteiger partial charge >= 0.3 is 6.03 Å². The maximum Gasteiger partial charge on any atom is 0.317 e. The number of amides is 2. The van der Waals surface area contributed by atoms with Gasteiger partial charge in [-0.05, 0) is 25.3 Å². The standard InChI is InChI=1S/C13H27N3O/c1-6-10(14-5)11(13(2,3)4)16-9-7-8-15-12(16)17/h10-11,14H,6-9H2,1-5H3,(H,15,17). The predicted octanol–water partition coefficient (Wildman–Crippen LogP) is 1.81. The number of carbonyl (C=O) groups excluding carboxylic acids is 1. The highest BCUT2D eigenvalue weighted by Gasteiger charge is 2.38. The highest BCUT2D eigenvalue weighted by molar-refractivity contribution is 5.75. The van der Waals surface area contributed by atoms with E-state index in [1.54, 1.807) is 0 Å². The summed E-state index contributed by atoms with van der Waals surface area (Å²) in [6.07, 6.45) is 2.07. The van der Waals surface area contributed by atoms with Crippen LogP contribution in [0.1, 0.15) is 40.5 Å². The van der Waals surface area contributed by atoms with Crippen molar-refractivity contribution in [1.82, 2.24) is 15.5 Å². The SMILES string of the molecule is CCC(NC)C(N1CCCNC1=O)C(C)(C)C. The van der Waals surface area contributed by atoms with Crippen molar-refractivity contribution >= 4 is 6.03 Å². The van der Waals surface area contributed by atoms with Crippen molar-refractivity contribution in [1.29, 1.82) is 0 Å². The van der Waals surface area contributed by atoms with Crippen molar-refractivity contribution in [3.63, 3.8) is 0 Å². The molecule has 0 aliphatic carbocycles. The van der Waals surface area contributed by atoms with Crippen LogP contribution in [0.15, 0.2) is 0 Å². The Labute approximate surface area is 105 Å². The van der Waals surface area contributed by atoms with Crippen molar-refractivity contribution in [2.75, 3.05) is 20.1 Å². The first-order valence-corrected chi connectivity index (χ1v) is 6.63. The number of nitrogens with zero attached hydrogens (tertiary/aromatic N) is 1. The molecule has 1 aliphatic rings. The van der Waals surface area contributed by atoms with E-state index in [0.717, 1.165) is 25.9 Å². The van der Waals surface area contributed by atoms with Crippen LogP contribution < -0.4 is 10.6 Å². The molecule has 2 N–H and O–H groups in total. The highest BCUT2D eigenvalue weighted by Crippen LogP contribution is 2.29. The minimum Gasteiger partial charge on any atom is -0.338 e. The molecule has 0 saturated carbocycles. The smallest absolute Gasteiger partial charge is 0.317 e. The quantitative estimate of drug-likeness (QED) is 0.788. The van der Waals surface area contributed by atoms with Crippen LogP contribution in [-0.2, 0) is 0 Å². The molecule has 1 fully saturated rings. The number of carbonyl (C=O) groups is 1. The van der Waals surface area contributed by atoms with E-state index in [2.05, 4.69) is 38.3 Å². The lowest BCUT2D eigenvalue weighted by molar-refractivity contribution is 0.0796. The van der Waals surface area contributed by atoms with Crippen molar-refractivity contribution in [3.05, 3.63) is 0 Å². The van der Waals surface area contributed by atoms with Gasteiger partial charge in [-0.1, -0.05) is 27.7 Å². The fraction of sp³-hybridized carbons (Fsp3) is 0.923. The first kappa shape index (κ1) is 14.3. The monoisotopic (exact) mass is 241 g/mol. The Balaban J connectivity index is 2.92. The van der Waals surface area contributed by atoms with E-state index < -0.39 is 0 Å². The summed E-state index contributed by atoms with van der Waals surface area (Å²) in [7, 11) is 1.98. The van der Waals surface area contributed by atoms with Crippen LogP contribution in [0.4, 0.5) is 4.79 Å². The van der Waals surface area contributed by atoms with Gasteiger partial charge in [-0.15, -0.1) is 0 Å². The zero-order valence-electron chi connectivity index (χ0n) is 11.8. The summed E-state index contributed by atoms with van der Waals surface area (Å²) in [4.78, 5) is 14.0. The molecule has 100 valence electrons. The van der Waals surface area contributed by atoms with E-state index in [1.807, 2.05) is 11.9 Å². The van der Waals surface area contributed by atoms with Gasteiger partial charge in [0.15, 0.2) is 0 Å². The summed E-state index contributed by atoms with van der Waals surface area (Å²) in [6, 6.07) is 0.668. The average Bonchev–Trinajstić information content (AvgIpc) is 2.25. The second-order valence-electron chi connectivity index (χ2n) is 5.89. The fourth-order valence-electron chi connectivity index (χ4n) is 2.79. The Hall–Kier alpha value is -0.770. The third-order valence-electron chi connectivity index (χ3n) is 3.53. The third kappa shape index (κ3) is 3.35. The Morgan fingerprint density at radius 3 is 2.53 bits per heavy atom. The first-order chi connectivity index (χ1) is 7.91. The van der Waals surface area contributed by atoms with Crippen molar-refractivity contribution < 1.29 is 4.79 Å². The van der Waals surface area contributed by atoms with Crippen LogP contribution in [0.3, 0.4) is 0 Å². The molecule has 0 aromatic rings. The van der Waals surface area contributed by atoms with Gasteiger partial charge in [-0.2, -0.15) is 0 Å². The number of rotatable bonds is 4. The molecule has 2 unspecified atom stereocenters. The molecular weight excluding hydrogens is 214 g/mol. The lowest BCUT2D eigenvalue weighted by atomic mass is 9.80. The van der Waals surface area contributed by atoms with Gasteiger partial charge in [0.05, 0.1) is 6.04 Å². The normalized spacial score (nSPS) is 21.0. The van der Waals surface area contributed by atoms with Crippen LogP contribution in [0, 0.1) is 5.41 Å². The summed E-state index contributed by atoms with van der Waals surface area (Å²) in [5.74, 6) is 0. The van der Waals surface area contributed by atoms with E-state index in [0.29, 0.717) is 6.04 Å². The summed E-state index contributed by atoms with van der Waals surface area (Å²) >= 11 is 0. The van der Waals surface area contributed by atoms with Crippen molar-refractivity contribution in [3.8, 4) is 0 Å². The fourth-order valence-corrected chi connectivity index (χ4v) is 2.79. The maximum absolute atomic E-state index is 12.0. The van der Waals surface area contributed by atoms with Crippen molar-refractivity contribution in [2.24, 2.45) is 5.41 Å². The molecule has 2 atom stereocenters. The van der Waals surface area contributed by atoms with Gasteiger partial charge in [0.1, 0.15) is 0 Å². The summed E-state index contributed by atoms with van der Waals surface area (Å²) in [5.41, 5.74) is 0.0817. The molecule has 4 heteroatoms. The van der Waals surface area contributed by atoms with Crippen LogP contribution in [0.25, 0.3) is 0 Å². The van der Waals surface area contributed by atoms with E-state index >= 15 is 0 Å². The predicted molar refractivity (Wildman–Crippen MR) is 71.1 cm³/mol. The summed E-state index contributed by atoms with van der Waals surface area (Å²) in [5, 5.41) is 6.30. The second-order valence-corrected chi connectivity index (χ2v) is 5.89. The molecule has 0 spiro atoms. The van der Waals surface area contributed by atoms with Gasteiger partial charge in [-0.3, -0.25) is 0 Å². The Kier molecular flexibility index (Phi) is 4.80. The van der Waals surface area contributed by atoms with Gasteiger partial charge < -0.3 is 15.5 Å². The van der Waals surface area contributed by atoms with Crippen LogP contribution in [0.5, 0.6) is 0 Å². The van der Waals surface area contributed by atoms with E-state index in [-0.39, 0.29) is 17.5 Å². The van der Waals surface area contributed by atoms with Crippen LogP contribution >= 0.6 is 0 Å². The van der Waals surface area contributed by atoms with Crippen molar-refractivity contribution in [2.45, 2.75) is 52.6 Å². The molecule has 1 saturated heterocycles.